The Morgan fingerprint density at radius 3 is 2.94 bits per heavy atom. The van der Waals surface area contributed by atoms with Crippen LogP contribution in [0.4, 0.5) is 0 Å². The van der Waals surface area contributed by atoms with Crippen LogP contribution in [0.1, 0.15) is 31.7 Å². The van der Waals surface area contributed by atoms with Crippen molar-refractivity contribution < 1.29 is 0 Å². The standard InChI is InChI=1S/C15H20N2/c1-3-13(16)6-7-14-11(2)9-15(14)12-5-4-8-17-10-12/h3-8,10-11,14-15H,9,16H2,1-2H3/b7-6-,13-3+. The minimum atomic E-state index is 0.595. The zero-order valence-electron chi connectivity index (χ0n) is 10.5. The molecule has 0 bridgehead atoms. The molecule has 0 amide bonds. The van der Waals surface area contributed by atoms with Gasteiger partial charge < -0.3 is 5.73 Å². The van der Waals surface area contributed by atoms with E-state index in [0.29, 0.717) is 11.8 Å². The van der Waals surface area contributed by atoms with E-state index in [0.717, 1.165) is 11.6 Å². The number of hydrogen-bond donors (Lipinski definition) is 1. The lowest BCUT2D eigenvalue weighted by Gasteiger charge is -2.41. The molecule has 1 heterocycles. The molecule has 17 heavy (non-hydrogen) atoms. The van der Waals surface area contributed by atoms with Crippen molar-refractivity contribution in [1.29, 1.82) is 0 Å². The maximum atomic E-state index is 5.79. The van der Waals surface area contributed by atoms with Crippen LogP contribution in [0.15, 0.2) is 48.5 Å². The van der Waals surface area contributed by atoms with Gasteiger partial charge in [-0.2, -0.15) is 0 Å². The van der Waals surface area contributed by atoms with Crippen LogP contribution in [0, 0.1) is 11.8 Å². The third-order valence-corrected chi connectivity index (χ3v) is 3.70. The number of allylic oxidation sites excluding steroid dienone is 3. The quantitative estimate of drug-likeness (QED) is 0.807. The number of aromatic nitrogens is 1. The van der Waals surface area contributed by atoms with Crippen molar-refractivity contribution in [2.75, 3.05) is 0 Å². The van der Waals surface area contributed by atoms with Crippen LogP contribution in [-0.4, -0.2) is 4.98 Å². The Kier molecular flexibility index (Phi) is 3.62. The van der Waals surface area contributed by atoms with Crippen LogP contribution >= 0.6 is 0 Å². The summed E-state index contributed by atoms with van der Waals surface area (Å²) in [5.74, 6) is 1.94. The second-order valence-corrected chi connectivity index (χ2v) is 4.83. The first-order valence-corrected chi connectivity index (χ1v) is 6.22. The summed E-state index contributed by atoms with van der Waals surface area (Å²) < 4.78 is 0. The molecule has 1 aromatic rings. The minimum Gasteiger partial charge on any atom is -0.399 e. The number of hydrogen-bond acceptors (Lipinski definition) is 2. The molecule has 2 heteroatoms. The molecule has 2 nitrogen and oxygen atoms in total. The summed E-state index contributed by atoms with van der Waals surface area (Å²) >= 11 is 0. The van der Waals surface area contributed by atoms with Crippen LogP contribution in [0.2, 0.25) is 0 Å². The Morgan fingerprint density at radius 1 is 1.53 bits per heavy atom. The van der Waals surface area contributed by atoms with Crippen molar-refractivity contribution in [1.82, 2.24) is 4.98 Å². The average molecular weight is 228 g/mol. The van der Waals surface area contributed by atoms with E-state index in [1.807, 2.05) is 37.5 Å². The van der Waals surface area contributed by atoms with Crippen LogP contribution in [-0.2, 0) is 0 Å². The SMILES string of the molecule is C/C=C(N)\C=C/C1C(C)CC1c1cccnc1. The molecule has 1 aliphatic carbocycles. The number of nitrogens with zero attached hydrogens (tertiary/aromatic N) is 1. The normalized spacial score (nSPS) is 29.3. The van der Waals surface area contributed by atoms with Crippen LogP contribution in [0.3, 0.4) is 0 Å². The van der Waals surface area contributed by atoms with Gasteiger partial charge in [-0.1, -0.05) is 25.1 Å². The second kappa shape index (κ2) is 5.17. The zero-order chi connectivity index (χ0) is 12.3. The Labute approximate surface area is 103 Å². The summed E-state index contributed by atoms with van der Waals surface area (Å²) in [5, 5.41) is 0. The first kappa shape index (κ1) is 11.9. The highest BCUT2D eigenvalue weighted by atomic mass is 14.6. The Hall–Kier alpha value is -1.57. The first-order chi connectivity index (χ1) is 8.22. The zero-order valence-corrected chi connectivity index (χ0v) is 10.5. The molecule has 1 aliphatic rings. The molecule has 3 unspecified atom stereocenters. The highest BCUT2D eigenvalue weighted by molar-refractivity contribution is 5.25. The molecular weight excluding hydrogens is 208 g/mol. The highest BCUT2D eigenvalue weighted by Gasteiger charge is 2.36. The monoisotopic (exact) mass is 228 g/mol. The molecule has 2 N–H and O–H groups in total. The highest BCUT2D eigenvalue weighted by Crippen LogP contribution is 2.47. The largest absolute Gasteiger partial charge is 0.399 e. The maximum Gasteiger partial charge on any atom is 0.0302 e. The fourth-order valence-electron chi connectivity index (χ4n) is 2.51. The summed E-state index contributed by atoms with van der Waals surface area (Å²) in [6.07, 6.45) is 11.3. The summed E-state index contributed by atoms with van der Waals surface area (Å²) in [5.41, 5.74) is 7.98. The van der Waals surface area contributed by atoms with Gasteiger partial charge in [-0.3, -0.25) is 4.98 Å². The van der Waals surface area contributed by atoms with Gasteiger partial charge in [0.1, 0.15) is 0 Å². The van der Waals surface area contributed by atoms with Gasteiger partial charge in [0.25, 0.3) is 0 Å². The third kappa shape index (κ3) is 2.57. The van der Waals surface area contributed by atoms with Crippen molar-refractivity contribution >= 4 is 0 Å². The molecule has 0 saturated heterocycles. The fraction of sp³-hybridized carbons (Fsp3) is 0.400. The van der Waals surface area contributed by atoms with E-state index in [2.05, 4.69) is 24.1 Å². The van der Waals surface area contributed by atoms with E-state index in [-0.39, 0.29) is 0 Å². The lowest BCUT2D eigenvalue weighted by molar-refractivity contribution is 0.199. The Balaban J connectivity index is 2.09. The number of pyridine rings is 1. The van der Waals surface area contributed by atoms with Gasteiger partial charge in [-0.05, 0) is 48.8 Å². The smallest absolute Gasteiger partial charge is 0.0302 e. The van der Waals surface area contributed by atoms with Gasteiger partial charge in [0, 0.05) is 18.1 Å². The lowest BCUT2D eigenvalue weighted by atomic mass is 9.63. The molecule has 1 saturated carbocycles. The molecule has 3 atom stereocenters. The molecule has 0 radical (unpaired) electrons. The van der Waals surface area contributed by atoms with E-state index in [1.165, 1.54) is 12.0 Å². The van der Waals surface area contributed by atoms with Crippen molar-refractivity contribution in [2.24, 2.45) is 17.6 Å². The molecule has 0 aromatic carbocycles. The van der Waals surface area contributed by atoms with Crippen LogP contribution < -0.4 is 5.73 Å². The second-order valence-electron chi connectivity index (χ2n) is 4.83. The van der Waals surface area contributed by atoms with Gasteiger partial charge in [-0.25, -0.2) is 0 Å². The van der Waals surface area contributed by atoms with Crippen molar-refractivity contribution in [3.8, 4) is 0 Å². The summed E-state index contributed by atoms with van der Waals surface area (Å²) in [4.78, 5) is 4.20. The van der Waals surface area contributed by atoms with Crippen molar-refractivity contribution in [3.05, 3.63) is 54.0 Å². The van der Waals surface area contributed by atoms with E-state index in [1.54, 1.807) is 0 Å². The van der Waals surface area contributed by atoms with Crippen LogP contribution in [0.25, 0.3) is 0 Å². The van der Waals surface area contributed by atoms with E-state index >= 15 is 0 Å². The van der Waals surface area contributed by atoms with E-state index in [9.17, 15) is 0 Å². The molecule has 0 aliphatic heterocycles. The molecule has 90 valence electrons. The van der Waals surface area contributed by atoms with E-state index < -0.39 is 0 Å². The lowest BCUT2D eigenvalue weighted by Crippen LogP contribution is -2.31. The van der Waals surface area contributed by atoms with Gasteiger partial charge in [0.2, 0.25) is 0 Å². The Morgan fingerprint density at radius 2 is 2.35 bits per heavy atom. The fourth-order valence-corrected chi connectivity index (χ4v) is 2.51. The Bertz CT molecular complexity index is 420. The summed E-state index contributed by atoms with van der Waals surface area (Å²) in [7, 11) is 0. The summed E-state index contributed by atoms with van der Waals surface area (Å²) in [6.45, 7) is 4.26. The minimum absolute atomic E-state index is 0.595. The maximum absolute atomic E-state index is 5.79. The van der Waals surface area contributed by atoms with Gasteiger partial charge in [-0.15, -0.1) is 0 Å². The summed E-state index contributed by atoms with van der Waals surface area (Å²) in [6, 6.07) is 4.18. The predicted octanol–water partition coefficient (Wildman–Crippen LogP) is 3.24. The van der Waals surface area contributed by atoms with Gasteiger partial charge >= 0.3 is 0 Å². The molecule has 0 spiro atoms. The molecule has 1 aromatic heterocycles. The molecular formula is C15H20N2. The molecule has 2 rings (SSSR count). The van der Waals surface area contributed by atoms with Gasteiger partial charge in [0.05, 0.1) is 0 Å². The van der Waals surface area contributed by atoms with Crippen molar-refractivity contribution in [2.45, 2.75) is 26.2 Å². The average Bonchev–Trinajstić information content (AvgIpc) is 2.36. The molecule has 1 fully saturated rings. The predicted molar refractivity (Wildman–Crippen MR) is 71.3 cm³/mol. The first-order valence-electron chi connectivity index (χ1n) is 6.22. The number of nitrogens with two attached hydrogens (primary N) is 1. The van der Waals surface area contributed by atoms with Crippen molar-refractivity contribution in [3.63, 3.8) is 0 Å². The topological polar surface area (TPSA) is 38.9 Å². The van der Waals surface area contributed by atoms with Gasteiger partial charge in [0.15, 0.2) is 0 Å². The number of rotatable bonds is 3. The van der Waals surface area contributed by atoms with Crippen LogP contribution in [0.5, 0.6) is 0 Å². The third-order valence-electron chi connectivity index (χ3n) is 3.70. The van der Waals surface area contributed by atoms with E-state index in [4.69, 9.17) is 5.73 Å².